The van der Waals surface area contributed by atoms with Gasteiger partial charge in [0.25, 0.3) is 0 Å². The molecule has 2 aliphatic heterocycles. The van der Waals surface area contributed by atoms with Gasteiger partial charge in [0.1, 0.15) is 6.29 Å². The van der Waals surface area contributed by atoms with Gasteiger partial charge in [0, 0.05) is 5.41 Å². The highest BCUT2D eigenvalue weighted by Crippen LogP contribution is 2.53. The van der Waals surface area contributed by atoms with Crippen LogP contribution in [0.15, 0.2) is 24.3 Å². The van der Waals surface area contributed by atoms with E-state index in [4.69, 9.17) is 4.74 Å². The summed E-state index contributed by atoms with van der Waals surface area (Å²) in [4.78, 5) is 11.3. The van der Waals surface area contributed by atoms with Gasteiger partial charge in [0.05, 0.1) is 23.7 Å². The molecule has 3 nitrogen and oxygen atoms in total. The lowest BCUT2D eigenvalue weighted by Gasteiger charge is -2.51. The predicted molar refractivity (Wildman–Crippen MR) is 77.6 cm³/mol. The highest BCUT2D eigenvalue weighted by Gasteiger charge is 2.51. The molecule has 108 valence electrons. The van der Waals surface area contributed by atoms with Crippen molar-refractivity contribution in [3.05, 3.63) is 35.4 Å². The van der Waals surface area contributed by atoms with Crippen molar-refractivity contribution >= 4 is 6.29 Å². The summed E-state index contributed by atoms with van der Waals surface area (Å²) in [6.07, 6.45) is 6.77. The Morgan fingerprint density at radius 3 is 2.05 bits per heavy atom. The molecule has 2 saturated heterocycles. The van der Waals surface area contributed by atoms with Crippen molar-refractivity contribution in [2.75, 3.05) is 6.61 Å². The van der Waals surface area contributed by atoms with E-state index in [1.807, 2.05) is 0 Å². The van der Waals surface area contributed by atoms with E-state index in [-0.39, 0.29) is 16.4 Å². The Balaban J connectivity index is 1.60. The van der Waals surface area contributed by atoms with Gasteiger partial charge in [-0.05, 0) is 49.7 Å². The first-order chi connectivity index (χ1) is 10.2. The van der Waals surface area contributed by atoms with Crippen molar-refractivity contribution < 1.29 is 9.53 Å². The van der Waals surface area contributed by atoms with Crippen LogP contribution in [0.1, 0.15) is 49.7 Å². The Morgan fingerprint density at radius 1 is 1.00 bits per heavy atom. The number of ether oxygens (including phenoxy) is 1. The lowest BCUT2D eigenvalue weighted by atomic mass is 9.65. The maximum Gasteiger partial charge on any atom is 0.128 e. The minimum atomic E-state index is -0.222. The fourth-order valence-electron chi connectivity index (χ4n) is 3.93. The summed E-state index contributed by atoms with van der Waals surface area (Å²) in [5.74, 6) is 0. The number of nitriles is 1. The molecule has 0 spiro atoms. The van der Waals surface area contributed by atoms with E-state index in [0.717, 1.165) is 50.4 Å². The fraction of sp³-hybridized carbons (Fsp3) is 0.556. The van der Waals surface area contributed by atoms with Crippen molar-refractivity contribution in [1.29, 1.82) is 5.26 Å². The van der Waals surface area contributed by atoms with E-state index in [9.17, 15) is 10.1 Å². The molecule has 2 saturated carbocycles. The molecule has 0 N–H and O–H groups in total. The molecule has 1 aromatic carbocycles. The zero-order valence-electron chi connectivity index (χ0n) is 12.1. The average molecular weight is 281 g/mol. The molecule has 4 aliphatic rings. The summed E-state index contributed by atoms with van der Waals surface area (Å²) < 4.78 is 6.12. The van der Waals surface area contributed by atoms with Gasteiger partial charge < -0.3 is 9.53 Å². The Kier molecular flexibility index (Phi) is 2.59. The van der Waals surface area contributed by atoms with Crippen LogP contribution in [0.25, 0.3) is 0 Å². The van der Waals surface area contributed by atoms with Crippen LogP contribution in [0.2, 0.25) is 0 Å². The third kappa shape index (κ3) is 1.79. The smallest absolute Gasteiger partial charge is 0.128 e. The number of fused-ring (bicyclic) bond motifs is 3. The molecule has 2 heterocycles. The summed E-state index contributed by atoms with van der Waals surface area (Å²) >= 11 is 0. The molecule has 0 amide bonds. The number of hydrogen-bond acceptors (Lipinski definition) is 3. The Labute approximate surface area is 124 Å². The zero-order chi connectivity index (χ0) is 14.6. The van der Waals surface area contributed by atoms with Crippen molar-refractivity contribution in [3.63, 3.8) is 0 Å². The number of benzene rings is 1. The van der Waals surface area contributed by atoms with Crippen LogP contribution in [-0.2, 0) is 20.5 Å². The molecule has 0 unspecified atom stereocenters. The highest BCUT2D eigenvalue weighted by atomic mass is 16.5. The summed E-state index contributed by atoms with van der Waals surface area (Å²) in [7, 11) is 0. The minimum absolute atomic E-state index is 0.202. The van der Waals surface area contributed by atoms with Crippen molar-refractivity contribution in [2.45, 2.75) is 49.5 Å². The molecule has 5 rings (SSSR count). The standard InChI is InChI=1S/C18H19NO2/c19-11-17(7-8-17)14-1-3-15(4-2-14)18-9-5-16(12-20,6-10-18)13-21-18/h1-4,12H,5-10,13H2. The van der Waals surface area contributed by atoms with E-state index in [2.05, 4.69) is 30.3 Å². The molecular formula is C18H19NO2. The topological polar surface area (TPSA) is 50.1 Å². The minimum Gasteiger partial charge on any atom is -0.369 e. The molecule has 3 heteroatoms. The van der Waals surface area contributed by atoms with Gasteiger partial charge in [-0.2, -0.15) is 5.26 Å². The Bertz CT molecular complexity index is 597. The van der Waals surface area contributed by atoms with Gasteiger partial charge in [-0.25, -0.2) is 0 Å². The molecule has 4 fully saturated rings. The number of carbonyl (C=O) groups is 1. The van der Waals surface area contributed by atoms with Crippen LogP contribution in [0.5, 0.6) is 0 Å². The summed E-state index contributed by atoms with van der Waals surface area (Å²) in [6, 6.07) is 10.9. The number of hydrogen-bond donors (Lipinski definition) is 0. The van der Waals surface area contributed by atoms with Crippen molar-refractivity contribution in [1.82, 2.24) is 0 Å². The van der Waals surface area contributed by atoms with E-state index in [1.54, 1.807) is 0 Å². The number of carbonyl (C=O) groups excluding carboxylic acids is 1. The number of nitrogens with zero attached hydrogens (tertiary/aromatic N) is 1. The number of aldehydes is 1. The lowest BCUT2D eigenvalue weighted by molar-refractivity contribution is -0.186. The Morgan fingerprint density at radius 2 is 1.62 bits per heavy atom. The molecule has 0 radical (unpaired) electrons. The average Bonchev–Trinajstić information content (AvgIpc) is 3.38. The van der Waals surface area contributed by atoms with E-state index >= 15 is 0 Å². The van der Waals surface area contributed by atoms with E-state index in [1.165, 1.54) is 5.56 Å². The van der Waals surface area contributed by atoms with Crippen LogP contribution in [0.3, 0.4) is 0 Å². The first-order valence-corrected chi connectivity index (χ1v) is 7.79. The fourth-order valence-corrected chi connectivity index (χ4v) is 3.93. The zero-order valence-corrected chi connectivity index (χ0v) is 12.1. The third-order valence-corrected chi connectivity index (χ3v) is 5.87. The maximum absolute atomic E-state index is 11.3. The van der Waals surface area contributed by atoms with Gasteiger partial charge in [-0.1, -0.05) is 24.3 Å². The monoisotopic (exact) mass is 281 g/mol. The van der Waals surface area contributed by atoms with Crippen LogP contribution in [0, 0.1) is 16.7 Å². The normalized spacial score (nSPS) is 36.0. The molecule has 2 bridgehead atoms. The molecule has 1 aromatic rings. The quantitative estimate of drug-likeness (QED) is 0.799. The van der Waals surface area contributed by atoms with Gasteiger partial charge in [-0.15, -0.1) is 0 Å². The van der Waals surface area contributed by atoms with Crippen LogP contribution in [0.4, 0.5) is 0 Å². The predicted octanol–water partition coefficient (Wildman–Crippen LogP) is 3.23. The highest BCUT2D eigenvalue weighted by molar-refractivity contribution is 5.60. The molecule has 0 atom stereocenters. The summed E-state index contributed by atoms with van der Waals surface area (Å²) in [5, 5.41) is 9.28. The van der Waals surface area contributed by atoms with Crippen molar-refractivity contribution in [2.24, 2.45) is 5.41 Å². The second kappa shape index (κ2) is 4.18. The first kappa shape index (κ1) is 13.0. The Hall–Kier alpha value is -1.66. The summed E-state index contributed by atoms with van der Waals surface area (Å²) in [6.45, 7) is 0.556. The van der Waals surface area contributed by atoms with Gasteiger partial charge in [0.2, 0.25) is 0 Å². The second-order valence-corrected chi connectivity index (χ2v) is 7.03. The van der Waals surface area contributed by atoms with Gasteiger partial charge in [-0.3, -0.25) is 0 Å². The summed E-state index contributed by atoms with van der Waals surface area (Å²) in [5.41, 5.74) is 1.70. The lowest BCUT2D eigenvalue weighted by Crippen LogP contribution is -2.49. The van der Waals surface area contributed by atoms with Crippen LogP contribution < -0.4 is 0 Å². The van der Waals surface area contributed by atoms with Crippen LogP contribution in [-0.4, -0.2) is 12.9 Å². The second-order valence-electron chi connectivity index (χ2n) is 7.03. The SMILES string of the molecule is N#CC1(c2ccc(C34CCC(C=O)(CC3)CO4)cc2)CC1. The van der Waals surface area contributed by atoms with Crippen LogP contribution >= 0.6 is 0 Å². The molecule has 2 aliphatic carbocycles. The molecular weight excluding hydrogens is 262 g/mol. The van der Waals surface area contributed by atoms with E-state index < -0.39 is 0 Å². The maximum atomic E-state index is 11.3. The van der Waals surface area contributed by atoms with Crippen molar-refractivity contribution in [3.8, 4) is 6.07 Å². The number of rotatable bonds is 3. The van der Waals surface area contributed by atoms with Gasteiger partial charge >= 0.3 is 0 Å². The first-order valence-electron chi connectivity index (χ1n) is 7.79. The molecule has 0 aromatic heterocycles. The third-order valence-electron chi connectivity index (χ3n) is 5.87. The van der Waals surface area contributed by atoms with E-state index in [0.29, 0.717) is 6.61 Å². The molecule has 21 heavy (non-hydrogen) atoms. The van der Waals surface area contributed by atoms with Gasteiger partial charge in [0.15, 0.2) is 0 Å². The largest absolute Gasteiger partial charge is 0.369 e.